The summed E-state index contributed by atoms with van der Waals surface area (Å²) < 4.78 is 3.22. The van der Waals surface area contributed by atoms with Gasteiger partial charge in [-0.15, -0.1) is 20.4 Å². The summed E-state index contributed by atoms with van der Waals surface area (Å²) in [6.07, 6.45) is 3.35. The number of aryl methyl sites for hydroxylation is 2. The van der Waals surface area contributed by atoms with Crippen LogP contribution in [0.1, 0.15) is 11.4 Å². The average molecular weight is 409 g/mol. The first-order valence-corrected chi connectivity index (χ1v) is 9.32. The zero-order chi connectivity index (χ0) is 21.4. The molecule has 0 saturated heterocycles. The molecule has 5 heterocycles. The van der Waals surface area contributed by atoms with Crippen LogP contribution >= 0.6 is 0 Å². The van der Waals surface area contributed by atoms with Gasteiger partial charge in [0.15, 0.2) is 17.3 Å². The molecule has 0 aliphatic heterocycles. The van der Waals surface area contributed by atoms with Gasteiger partial charge in [-0.2, -0.15) is 5.10 Å². The molecule has 0 saturated carbocycles. The van der Waals surface area contributed by atoms with Gasteiger partial charge in [0.25, 0.3) is 5.69 Å². The van der Waals surface area contributed by atoms with E-state index in [2.05, 4.69) is 45.4 Å². The molecule has 5 aromatic heterocycles. The van der Waals surface area contributed by atoms with Crippen molar-refractivity contribution in [3.8, 4) is 17.3 Å². The lowest BCUT2D eigenvalue weighted by atomic mass is 10.3. The fraction of sp³-hybridized carbons (Fsp3) is 0.100. The highest BCUT2D eigenvalue weighted by molar-refractivity contribution is 5.71. The number of aromatic amines is 1. The van der Waals surface area contributed by atoms with Gasteiger partial charge < -0.3 is 0 Å². The van der Waals surface area contributed by atoms with Crippen molar-refractivity contribution < 1.29 is 0 Å². The van der Waals surface area contributed by atoms with Crippen molar-refractivity contribution in [3.63, 3.8) is 0 Å². The fourth-order valence-corrected chi connectivity index (χ4v) is 3.18. The lowest BCUT2D eigenvalue weighted by Crippen LogP contribution is -1.98. The molecule has 0 aliphatic rings. The molecule has 150 valence electrons. The van der Waals surface area contributed by atoms with E-state index in [0.29, 0.717) is 45.9 Å². The summed E-state index contributed by atoms with van der Waals surface area (Å²) in [5.74, 6) is 1.41. The predicted molar refractivity (Wildman–Crippen MR) is 112 cm³/mol. The minimum atomic E-state index is 0.300. The van der Waals surface area contributed by atoms with Crippen molar-refractivity contribution in [2.45, 2.75) is 13.8 Å². The number of hydrogen-bond donors (Lipinski definition) is 1. The summed E-state index contributed by atoms with van der Waals surface area (Å²) in [5.41, 5.74) is 3.30. The number of fused-ring (bicyclic) bond motifs is 1. The van der Waals surface area contributed by atoms with Crippen LogP contribution in [0, 0.1) is 20.4 Å². The van der Waals surface area contributed by atoms with E-state index in [1.54, 1.807) is 36.0 Å². The van der Waals surface area contributed by atoms with Crippen LogP contribution in [-0.2, 0) is 0 Å². The Morgan fingerprint density at radius 3 is 2.52 bits per heavy atom. The largest absolute Gasteiger partial charge is 0.293 e. The average Bonchev–Trinajstić information content (AvgIpc) is 3.44. The smallest absolute Gasteiger partial charge is 0.255 e. The highest BCUT2D eigenvalue weighted by Gasteiger charge is 2.20. The van der Waals surface area contributed by atoms with Crippen molar-refractivity contribution in [2.75, 3.05) is 0 Å². The number of hydrogen-bond acceptors (Lipinski definition) is 7. The fourth-order valence-electron chi connectivity index (χ4n) is 3.18. The first kappa shape index (κ1) is 18.3. The Kier molecular flexibility index (Phi) is 4.30. The van der Waals surface area contributed by atoms with Gasteiger partial charge in [-0.3, -0.25) is 10.1 Å². The standard InChI is InChI=1S/C20H15N11/c1-12-16(21-3)19(30(28-12)15-9-5-7-11-23-15)26-24-17-13(2)29-31-18(25-27-20(17)31)14-8-4-6-10-22-14/h4-11,29H,1-2H3. The number of H-pyrrole nitrogens is 1. The minimum Gasteiger partial charge on any atom is -0.293 e. The molecule has 0 spiro atoms. The zero-order valence-electron chi connectivity index (χ0n) is 16.6. The third kappa shape index (κ3) is 3.03. The minimum absolute atomic E-state index is 0.300. The van der Waals surface area contributed by atoms with Crippen molar-refractivity contribution in [1.82, 2.24) is 39.6 Å². The third-order valence-corrected chi connectivity index (χ3v) is 4.63. The molecule has 0 radical (unpaired) electrons. The van der Waals surface area contributed by atoms with Gasteiger partial charge >= 0.3 is 0 Å². The molecule has 0 aliphatic carbocycles. The molecule has 0 fully saturated rings. The Bertz CT molecular complexity index is 1450. The van der Waals surface area contributed by atoms with E-state index in [4.69, 9.17) is 6.57 Å². The van der Waals surface area contributed by atoms with Crippen molar-refractivity contribution in [2.24, 2.45) is 10.2 Å². The van der Waals surface area contributed by atoms with Crippen molar-refractivity contribution in [3.05, 3.63) is 71.6 Å². The van der Waals surface area contributed by atoms with Crippen LogP contribution in [0.3, 0.4) is 0 Å². The van der Waals surface area contributed by atoms with Crippen LogP contribution in [0.5, 0.6) is 0 Å². The molecular weight excluding hydrogens is 394 g/mol. The molecule has 11 nitrogen and oxygen atoms in total. The Balaban J connectivity index is 1.62. The second-order valence-electron chi connectivity index (χ2n) is 6.65. The molecule has 5 rings (SSSR count). The molecule has 0 amide bonds. The SMILES string of the molecule is [C-]#[N+]c1c(C)nn(-c2ccccn2)c1N=Nc1c(C)[nH]n2c(-c3ccccn3)nnc12. The maximum atomic E-state index is 7.54. The van der Waals surface area contributed by atoms with Gasteiger partial charge in [-0.1, -0.05) is 12.1 Å². The van der Waals surface area contributed by atoms with Gasteiger partial charge in [-0.25, -0.2) is 19.0 Å². The third-order valence-electron chi connectivity index (χ3n) is 4.63. The second kappa shape index (κ2) is 7.27. The summed E-state index contributed by atoms with van der Waals surface area (Å²) in [6.45, 7) is 11.2. The second-order valence-corrected chi connectivity index (χ2v) is 6.65. The number of nitrogens with zero attached hydrogens (tertiary/aromatic N) is 10. The van der Waals surface area contributed by atoms with Crippen LogP contribution in [0.4, 0.5) is 17.2 Å². The van der Waals surface area contributed by atoms with Crippen LogP contribution in [0.2, 0.25) is 0 Å². The number of nitrogens with one attached hydrogen (secondary N) is 1. The van der Waals surface area contributed by atoms with Crippen LogP contribution in [0.25, 0.3) is 27.8 Å². The number of aromatic nitrogens is 8. The van der Waals surface area contributed by atoms with Gasteiger partial charge in [-0.05, 0) is 38.1 Å². The molecule has 5 aromatic rings. The van der Waals surface area contributed by atoms with E-state index < -0.39 is 0 Å². The predicted octanol–water partition coefficient (Wildman–Crippen LogP) is 4.28. The maximum Gasteiger partial charge on any atom is 0.255 e. The van der Waals surface area contributed by atoms with Crippen LogP contribution in [-0.4, -0.2) is 39.6 Å². The topological polar surface area (TPSA) is 119 Å². The molecule has 0 atom stereocenters. The summed E-state index contributed by atoms with van der Waals surface area (Å²) in [5, 5.41) is 24.8. The first-order chi connectivity index (χ1) is 15.2. The maximum absolute atomic E-state index is 7.54. The van der Waals surface area contributed by atoms with Crippen molar-refractivity contribution >= 4 is 22.8 Å². The summed E-state index contributed by atoms with van der Waals surface area (Å²) >= 11 is 0. The number of azo groups is 1. The lowest BCUT2D eigenvalue weighted by Gasteiger charge is -2.02. The van der Waals surface area contributed by atoms with E-state index in [0.717, 1.165) is 5.69 Å². The molecular formula is C20H15N11. The van der Waals surface area contributed by atoms with Crippen LogP contribution in [0.15, 0.2) is 59.0 Å². The summed E-state index contributed by atoms with van der Waals surface area (Å²) in [7, 11) is 0. The molecule has 31 heavy (non-hydrogen) atoms. The van der Waals surface area contributed by atoms with E-state index in [1.165, 1.54) is 4.68 Å². The van der Waals surface area contributed by atoms with E-state index in [9.17, 15) is 0 Å². The van der Waals surface area contributed by atoms with Crippen LogP contribution < -0.4 is 0 Å². The van der Waals surface area contributed by atoms with Gasteiger partial charge in [0.1, 0.15) is 5.69 Å². The highest BCUT2D eigenvalue weighted by Crippen LogP contribution is 2.36. The Morgan fingerprint density at radius 2 is 1.81 bits per heavy atom. The van der Waals surface area contributed by atoms with Gasteiger partial charge in [0.2, 0.25) is 11.5 Å². The quantitative estimate of drug-likeness (QED) is 0.351. The summed E-state index contributed by atoms with van der Waals surface area (Å²) in [4.78, 5) is 12.2. The van der Waals surface area contributed by atoms with Gasteiger partial charge in [0.05, 0.1) is 18.0 Å². The molecule has 0 aromatic carbocycles. The molecule has 0 unspecified atom stereocenters. The van der Waals surface area contributed by atoms with Gasteiger partial charge in [0, 0.05) is 12.4 Å². The summed E-state index contributed by atoms with van der Waals surface area (Å²) in [6, 6.07) is 11.0. The Morgan fingerprint density at radius 1 is 1.00 bits per heavy atom. The zero-order valence-corrected chi connectivity index (χ0v) is 16.6. The molecule has 1 N–H and O–H groups in total. The Labute approximate surface area is 175 Å². The normalized spacial score (nSPS) is 11.4. The lowest BCUT2D eigenvalue weighted by molar-refractivity contribution is 0.826. The molecule has 11 heteroatoms. The Hall–Kier alpha value is -4.72. The monoisotopic (exact) mass is 409 g/mol. The van der Waals surface area contributed by atoms with Crippen molar-refractivity contribution in [1.29, 1.82) is 0 Å². The number of rotatable bonds is 4. The first-order valence-electron chi connectivity index (χ1n) is 9.32. The highest BCUT2D eigenvalue weighted by atomic mass is 15.4. The van der Waals surface area contributed by atoms with E-state index in [-0.39, 0.29) is 0 Å². The molecule has 0 bridgehead atoms. The number of pyridine rings is 2. The van der Waals surface area contributed by atoms with E-state index >= 15 is 0 Å². The van der Waals surface area contributed by atoms with E-state index in [1.807, 2.05) is 31.2 Å².